The van der Waals surface area contributed by atoms with E-state index in [1.54, 1.807) is 5.38 Å². The van der Waals surface area contributed by atoms with Gasteiger partial charge in [-0.1, -0.05) is 6.92 Å². The Morgan fingerprint density at radius 1 is 1.50 bits per heavy atom. The highest BCUT2D eigenvalue weighted by atomic mass is 32.1. The summed E-state index contributed by atoms with van der Waals surface area (Å²) in [5.74, 6) is 0.982. The van der Waals surface area contributed by atoms with Crippen LogP contribution in [0.1, 0.15) is 26.2 Å². The number of hydrogen-bond acceptors (Lipinski definition) is 4. The maximum atomic E-state index is 9.18. The number of aromatic nitrogens is 1. The Morgan fingerprint density at radius 3 is 3.07 bits per heavy atom. The molecule has 0 aliphatic carbocycles. The zero-order valence-electron chi connectivity index (χ0n) is 8.44. The third-order valence-electron chi connectivity index (χ3n) is 2.77. The molecule has 0 radical (unpaired) electrons. The molecule has 1 fully saturated rings. The SMILES string of the molecule is CC1CCCN(c2nc(O)cs2)CC1. The summed E-state index contributed by atoms with van der Waals surface area (Å²) in [6, 6.07) is 0. The molecule has 1 N–H and O–H groups in total. The number of thiazole rings is 1. The van der Waals surface area contributed by atoms with Gasteiger partial charge >= 0.3 is 0 Å². The van der Waals surface area contributed by atoms with Crippen LogP contribution in [-0.4, -0.2) is 23.2 Å². The molecule has 1 aromatic rings. The van der Waals surface area contributed by atoms with Crippen LogP contribution >= 0.6 is 11.3 Å². The summed E-state index contributed by atoms with van der Waals surface area (Å²) >= 11 is 1.53. The first-order valence-electron chi connectivity index (χ1n) is 5.15. The molecule has 78 valence electrons. The molecule has 1 unspecified atom stereocenters. The van der Waals surface area contributed by atoms with Crippen LogP contribution in [0.3, 0.4) is 0 Å². The van der Waals surface area contributed by atoms with Crippen molar-refractivity contribution >= 4 is 16.5 Å². The lowest BCUT2D eigenvalue weighted by atomic mass is 10.0. The number of nitrogens with zero attached hydrogens (tertiary/aromatic N) is 2. The molecule has 1 aromatic heterocycles. The molecule has 0 spiro atoms. The normalized spacial score (nSPS) is 23.5. The van der Waals surface area contributed by atoms with Crippen molar-refractivity contribution in [1.82, 2.24) is 4.98 Å². The van der Waals surface area contributed by atoms with E-state index in [4.69, 9.17) is 0 Å². The van der Waals surface area contributed by atoms with Crippen LogP contribution in [0.15, 0.2) is 5.38 Å². The van der Waals surface area contributed by atoms with Crippen molar-refractivity contribution in [1.29, 1.82) is 0 Å². The number of aromatic hydroxyl groups is 1. The van der Waals surface area contributed by atoms with Gasteiger partial charge in [0.15, 0.2) is 5.13 Å². The van der Waals surface area contributed by atoms with E-state index in [2.05, 4.69) is 16.8 Å². The van der Waals surface area contributed by atoms with Gasteiger partial charge in [0.1, 0.15) is 0 Å². The van der Waals surface area contributed by atoms with Crippen LogP contribution in [-0.2, 0) is 0 Å². The monoisotopic (exact) mass is 212 g/mol. The summed E-state index contributed by atoms with van der Waals surface area (Å²) in [5.41, 5.74) is 0. The second-order valence-electron chi connectivity index (χ2n) is 4.01. The minimum absolute atomic E-state index is 0.155. The fourth-order valence-electron chi connectivity index (χ4n) is 1.86. The molecule has 2 heterocycles. The average molecular weight is 212 g/mol. The Bertz CT molecular complexity index is 300. The van der Waals surface area contributed by atoms with Gasteiger partial charge in [-0.3, -0.25) is 0 Å². The van der Waals surface area contributed by atoms with Gasteiger partial charge in [-0.25, -0.2) is 0 Å². The summed E-state index contributed by atoms with van der Waals surface area (Å²) in [7, 11) is 0. The molecule has 0 amide bonds. The van der Waals surface area contributed by atoms with Gasteiger partial charge in [0.25, 0.3) is 0 Å². The third-order valence-corrected chi connectivity index (χ3v) is 3.66. The van der Waals surface area contributed by atoms with E-state index in [0.717, 1.165) is 24.1 Å². The van der Waals surface area contributed by atoms with Crippen LogP contribution in [0.2, 0.25) is 0 Å². The van der Waals surface area contributed by atoms with Crippen molar-refractivity contribution < 1.29 is 5.11 Å². The van der Waals surface area contributed by atoms with E-state index >= 15 is 0 Å². The van der Waals surface area contributed by atoms with Gasteiger partial charge in [0, 0.05) is 13.1 Å². The Labute approximate surface area is 88.4 Å². The predicted molar refractivity (Wildman–Crippen MR) is 59.0 cm³/mol. The van der Waals surface area contributed by atoms with Gasteiger partial charge < -0.3 is 10.0 Å². The van der Waals surface area contributed by atoms with E-state index in [-0.39, 0.29) is 5.88 Å². The van der Waals surface area contributed by atoms with Crippen molar-refractivity contribution in [2.45, 2.75) is 26.2 Å². The quantitative estimate of drug-likeness (QED) is 0.777. The standard InChI is InChI=1S/C10H16N2OS/c1-8-3-2-5-12(6-4-8)10-11-9(13)7-14-10/h7-8,13H,2-6H2,1H3. The molecule has 0 saturated carbocycles. The van der Waals surface area contributed by atoms with Crippen LogP contribution < -0.4 is 4.90 Å². The lowest BCUT2D eigenvalue weighted by Gasteiger charge is -2.18. The minimum Gasteiger partial charge on any atom is -0.493 e. The summed E-state index contributed by atoms with van der Waals surface area (Å²) in [6.07, 6.45) is 3.79. The molecule has 1 saturated heterocycles. The largest absolute Gasteiger partial charge is 0.493 e. The molecule has 0 bridgehead atoms. The highest BCUT2D eigenvalue weighted by molar-refractivity contribution is 7.13. The van der Waals surface area contributed by atoms with E-state index < -0.39 is 0 Å². The van der Waals surface area contributed by atoms with Crippen LogP contribution in [0.5, 0.6) is 5.88 Å². The van der Waals surface area contributed by atoms with Crippen molar-refractivity contribution in [2.24, 2.45) is 5.92 Å². The van der Waals surface area contributed by atoms with Gasteiger partial charge in [0.2, 0.25) is 5.88 Å². The van der Waals surface area contributed by atoms with Gasteiger partial charge in [-0.05, 0) is 25.2 Å². The smallest absolute Gasteiger partial charge is 0.223 e. The molecule has 3 nitrogen and oxygen atoms in total. The molecular formula is C10H16N2OS. The summed E-state index contributed by atoms with van der Waals surface area (Å²) < 4.78 is 0. The van der Waals surface area contributed by atoms with Crippen LogP contribution in [0.25, 0.3) is 0 Å². The first-order valence-corrected chi connectivity index (χ1v) is 6.03. The maximum Gasteiger partial charge on any atom is 0.223 e. The van der Waals surface area contributed by atoms with Gasteiger partial charge in [-0.2, -0.15) is 4.98 Å². The van der Waals surface area contributed by atoms with E-state index in [0.29, 0.717) is 0 Å². The van der Waals surface area contributed by atoms with E-state index in [1.807, 2.05) is 0 Å². The fourth-order valence-corrected chi connectivity index (χ4v) is 2.60. The second kappa shape index (κ2) is 4.17. The molecule has 0 aromatic carbocycles. The topological polar surface area (TPSA) is 36.4 Å². The molecular weight excluding hydrogens is 196 g/mol. The Balaban J connectivity index is 2.04. The van der Waals surface area contributed by atoms with E-state index in [9.17, 15) is 5.11 Å². The number of rotatable bonds is 1. The highest BCUT2D eigenvalue weighted by Gasteiger charge is 2.16. The lowest BCUT2D eigenvalue weighted by molar-refractivity contribution is 0.457. The lowest BCUT2D eigenvalue weighted by Crippen LogP contribution is -2.23. The van der Waals surface area contributed by atoms with E-state index in [1.165, 1.54) is 30.6 Å². The summed E-state index contributed by atoms with van der Waals surface area (Å²) in [4.78, 5) is 6.39. The average Bonchev–Trinajstić information content (AvgIpc) is 2.46. The molecule has 1 aliphatic rings. The van der Waals surface area contributed by atoms with Gasteiger partial charge in [0.05, 0.1) is 5.38 Å². The first-order chi connectivity index (χ1) is 6.75. The molecule has 1 aliphatic heterocycles. The maximum absolute atomic E-state index is 9.18. The Hall–Kier alpha value is -0.770. The van der Waals surface area contributed by atoms with Crippen LogP contribution in [0, 0.1) is 5.92 Å². The third kappa shape index (κ3) is 2.18. The van der Waals surface area contributed by atoms with Crippen molar-refractivity contribution in [3.8, 4) is 5.88 Å². The molecule has 4 heteroatoms. The molecule has 1 atom stereocenters. The summed E-state index contributed by atoms with van der Waals surface area (Å²) in [5, 5.41) is 11.8. The first kappa shape index (κ1) is 9.77. The van der Waals surface area contributed by atoms with Crippen molar-refractivity contribution in [2.75, 3.05) is 18.0 Å². The van der Waals surface area contributed by atoms with Crippen molar-refractivity contribution in [3.05, 3.63) is 5.38 Å². The van der Waals surface area contributed by atoms with Gasteiger partial charge in [-0.15, -0.1) is 11.3 Å². The Kier molecular flexibility index (Phi) is 2.91. The Morgan fingerprint density at radius 2 is 2.36 bits per heavy atom. The molecule has 2 rings (SSSR count). The number of hydrogen-bond donors (Lipinski definition) is 1. The highest BCUT2D eigenvalue weighted by Crippen LogP contribution is 2.27. The van der Waals surface area contributed by atoms with Crippen molar-refractivity contribution in [3.63, 3.8) is 0 Å². The zero-order valence-corrected chi connectivity index (χ0v) is 9.26. The second-order valence-corrected chi connectivity index (χ2v) is 4.85. The number of anilines is 1. The van der Waals surface area contributed by atoms with Crippen LogP contribution in [0.4, 0.5) is 5.13 Å². The zero-order chi connectivity index (χ0) is 9.97. The fraction of sp³-hybridized carbons (Fsp3) is 0.700. The molecule has 14 heavy (non-hydrogen) atoms. The summed E-state index contributed by atoms with van der Waals surface area (Å²) in [6.45, 7) is 4.47. The predicted octanol–water partition coefficient (Wildman–Crippen LogP) is 2.48. The minimum atomic E-state index is 0.155.